The van der Waals surface area contributed by atoms with Crippen molar-refractivity contribution >= 4 is 35.5 Å². The summed E-state index contributed by atoms with van der Waals surface area (Å²) in [4.78, 5) is 37.4. The summed E-state index contributed by atoms with van der Waals surface area (Å²) in [6.45, 7) is 0.397. The molecule has 2 heterocycles. The van der Waals surface area contributed by atoms with Gasteiger partial charge in [-0.3, -0.25) is 14.5 Å². The van der Waals surface area contributed by atoms with Gasteiger partial charge in [0.15, 0.2) is 5.16 Å². The molecule has 0 unspecified atom stereocenters. The van der Waals surface area contributed by atoms with E-state index in [4.69, 9.17) is 11.5 Å². The lowest BCUT2D eigenvalue weighted by Crippen LogP contribution is -2.30. The largest absolute Gasteiger partial charge is 0.368 e. The molecule has 1 aromatic carbocycles. The minimum atomic E-state index is -0.221. The number of hydrogen-bond donors (Lipinski definition) is 2. The second-order valence-corrected chi connectivity index (χ2v) is 6.26. The third-order valence-electron chi connectivity index (χ3n) is 3.53. The van der Waals surface area contributed by atoms with Gasteiger partial charge in [-0.25, -0.2) is 0 Å². The number of nitrogens with two attached hydrogens (primary N) is 2. The fourth-order valence-corrected chi connectivity index (χ4v) is 3.28. The Bertz CT molecular complexity index is 742. The van der Waals surface area contributed by atoms with Gasteiger partial charge >= 0.3 is 0 Å². The van der Waals surface area contributed by atoms with E-state index >= 15 is 0 Å². The maximum absolute atomic E-state index is 12.2. The molecular weight excluding hydrogens is 328 g/mol. The molecule has 0 fully saturated rings. The molecule has 124 valence electrons. The fourth-order valence-electron chi connectivity index (χ4n) is 2.43. The molecule has 3 rings (SSSR count). The highest BCUT2D eigenvalue weighted by Gasteiger charge is 2.34. The fraction of sp³-hybridized carbons (Fsp3) is 0.267. The highest BCUT2D eigenvalue weighted by atomic mass is 32.2. The Balaban J connectivity index is 1.48. The second-order valence-electron chi connectivity index (χ2n) is 5.20. The Labute approximate surface area is 142 Å². The topological polar surface area (TPSA) is 128 Å². The minimum Gasteiger partial charge on any atom is -0.368 e. The molecule has 0 bridgehead atoms. The number of imide groups is 1. The summed E-state index contributed by atoms with van der Waals surface area (Å²) in [5.74, 6) is 0.473. The normalized spacial score (nSPS) is 13.4. The van der Waals surface area contributed by atoms with Crippen LogP contribution in [0, 0.1) is 0 Å². The van der Waals surface area contributed by atoms with Crippen molar-refractivity contribution in [3.05, 3.63) is 35.4 Å². The summed E-state index contributed by atoms with van der Waals surface area (Å²) in [5.41, 5.74) is 12.0. The molecule has 8 nitrogen and oxygen atoms in total. The highest BCUT2D eigenvalue weighted by molar-refractivity contribution is 7.99. The van der Waals surface area contributed by atoms with E-state index in [1.807, 2.05) is 0 Å². The van der Waals surface area contributed by atoms with Gasteiger partial charge in [0.2, 0.25) is 11.9 Å². The van der Waals surface area contributed by atoms with Crippen LogP contribution in [0.25, 0.3) is 0 Å². The van der Waals surface area contributed by atoms with E-state index in [-0.39, 0.29) is 23.7 Å². The monoisotopic (exact) mass is 344 g/mol. The van der Waals surface area contributed by atoms with E-state index in [1.165, 1.54) is 16.7 Å². The number of unbranched alkanes of at least 4 members (excludes halogenated alkanes) is 1. The Hall–Kier alpha value is -2.68. The zero-order chi connectivity index (χ0) is 17.1. The van der Waals surface area contributed by atoms with E-state index < -0.39 is 0 Å². The van der Waals surface area contributed by atoms with Crippen molar-refractivity contribution in [1.29, 1.82) is 0 Å². The first-order chi connectivity index (χ1) is 11.6. The first-order valence-electron chi connectivity index (χ1n) is 7.41. The van der Waals surface area contributed by atoms with Gasteiger partial charge in [0.05, 0.1) is 11.1 Å². The predicted octanol–water partition coefficient (Wildman–Crippen LogP) is 1.20. The molecule has 0 saturated heterocycles. The molecule has 0 aliphatic carbocycles. The van der Waals surface area contributed by atoms with Crippen LogP contribution in [-0.2, 0) is 0 Å². The van der Waals surface area contributed by atoms with Crippen molar-refractivity contribution in [2.45, 2.75) is 18.0 Å². The number of aromatic nitrogens is 3. The summed E-state index contributed by atoms with van der Waals surface area (Å²) >= 11 is 1.41. The molecule has 4 N–H and O–H groups in total. The number of fused-ring (bicyclic) bond motifs is 1. The van der Waals surface area contributed by atoms with Crippen molar-refractivity contribution in [3.8, 4) is 0 Å². The maximum Gasteiger partial charge on any atom is 0.261 e. The number of carbonyl (C=O) groups excluding carboxylic acids is 2. The summed E-state index contributed by atoms with van der Waals surface area (Å²) in [6, 6.07) is 6.88. The van der Waals surface area contributed by atoms with Crippen LogP contribution in [0.3, 0.4) is 0 Å². The lowest BCUT2D eigenvalue weighted by molar-refractivity contribution is 0.0652. The lowest BCUT2D eigenvalue weighted by Gasteiger charge is -2.13. The average Bonchev–Trinajstić information content (AvgIpc) is 2.79. The molecule has 0 atom stereocenters. The second kappa shape index (κ2) is 6.83. The van der Waals surface area contributed by atoms with E-state index in [0.717, 1.165) is 12.2 Å². The molecule has 2 amide bonds. The van der Waals surface area contributed by atoms with E-state index in [2.05, 4.69) is 15.0 Å². The predicted molar refractivity (Wildman–Crippen MR) is 90.4 cm³/mol. The van der Waals surface area contributed by atoms with Crippen LogP contribution in [0.15, 0.2) is 29.4 Å². The molecular formula is C15H16N6O2S. The first-order valence-corrected chi connectivity index (χ1v) is 8.40. The van der Waals surface area contributed by atoms with E-state index in [0.29, 0.717) is 29.2 Å². The molecule has 0 spiro atoms. The molecule has 9 heteroatoms. The molecule has 1 aliphatic rings. The van der Waals surface area contributed by atoms with Crippen molar-refractivity contribution in [1.82, 2.24) is 19.9 Å². The molecule has 1 aliphatic heterocycles. The van der Waals surface area contributed by atoms with Crippen LogP contribution in [0.4, 0.5) is 11.9 Å². The minimum absolute atomic E-state index is 0.0935. The summed E-state index contributed by atoms with van der Waals surface area (Å²) in [6.07, 6.45) is 1.50. The zero-order valence-electron chi connectivity index (χ0n) is 12.8. The molecule has 24 heavy (non-hydrogen) atoms. The number of nitrogen functional groups attached to an aromatic ring is 2. The number of nitrogens with zero attached hydrogens (tertiary/aromatic N) is 4. The van der Waals surface area contributed by atoms with Crippen LogP contribution >= 0.6 is 11.8 Å². The number of anilines is 2. The van der Waals surface area contributed by atoms with Crippen molar-refractivity contribution < 1.29 is 9.59 Å². The van der Waals surface area contributed by atoms with Gasteiger partial charge in [-0.05, 0) is 25.0 Å². The molecule has 0 radical (unpaired) electrons. The summed E-state index contributed by atoms with van der Waals surface area (Å²) in [7, 11) is 0. The Morgan fingerprint density at radius 1 is 0.917 bits per heavy atom. The standard InChI is InChI=1S/C15H16N6O2S/c16-13-18-14(17)20-15(19-13)24-8-4-3-7-21-11(22)9-5-1-2-6-10(9)12(21)23/h1-2,5-6H,3-4,7-8H2,(H4,16,17,18,19,20). The zero-order valence-corrected chi connectivity index (χ0v) is 13.6. The van der Waals surface area contributed by atoms with Crippen LogP contribution in [0.5, 0.6) is 0 Å². The van der Waals surface area contributed by atoms with E-state index in [9.17, 15) is 9.59 Å². The number of amides is 2. The van der Waals surface area contributed by atoms with Gasteiger partial charge < -0.3 is 11.5 Å². The van der Waals surface area contributed by atoms with Crippen LogP contribution in [-0.4, -0.2) is 44.0 Å². The van der Waals surface area contributed by atoms with Crippen molar-refractivity contribution in [2.75, 3.05) is 23.8 Å². The average molecular weight is 344 g/mol. The first kappa shape index (κ1) is 16.2. The number of benzene rings is 1. The SMILES string of the molecule is Nc1nc(N)nc(SCCCCN2C(=O)c3ccccc3C2=O)n1. The Kier molecular flexibility index (Phi) is 4.61. The van der Waals surface area contributed by atoms with Crippen LogP contribution in [0.1, 0.15) is 33.6 Å². The summed E-state index contributed by atoms with van der Waals surface area (Å²) < 4.78 is 0. The van der Waals surface area contributed by atoms with Gasteiger partial charge in [-0.1, -0.05) is 23.9 Å². The van der Waals surface area contributed by atoms with Crippen LogP contribution in [0.2, 0.25) is 0 Å². The summed E-state index contributed by atoms with van der Waals surface area (Å²) in [5, 5.41) is 0.473. The number of thioether (sulfide) groups is 1. The lowest BCUT2D eigenvalue weighted by atomic mass is 10.1. The molecule has 0 saturated carbocycles. The van der Waals surface area contributed by atoms with Gasteiger partial charge in [0, 0.05) is 12.3 Å². The third-order valence-corrected chi connectivity index (χ3v) is 4.47. The van der Waals surface area contributed by atoms with Crippen molar-refractivity contribution in [2.24, 2.45) is 0 Å². The van der Waals surface area contributed by atoms with Gasteiger partial charge in [0.25, 0.3) is 11.8 Å². The number of hydrogen-bond acceptors (Lipinski definition) is 8. The molecule has 2 aromatic rings. The van der Waals surface area contributed by atoms with Gasteiger partial charge in [-0.2, -0.15) is 15.0 Å². The highest BCUT2D eigenvalue weighted by Crippen LogP contribution is 2.23. The smallest absolute Gasteiger partial charge is 0.261 e. The maximum atomic E-state index is 12.2. The Morgan fingerprint density at radius 2 is 1.50 bits per heavy atom. The Morgan fingerprint density at radius 3 is 2.08 bits per heavy atom. The van der Waals surface area contributed by atoms with Gasteiger partial charge in [0.1, 0.15) is 0 Å². The molecule has 1 aromatic heterocycles. The quantitative estimate of drug-likeness (QED) is 0.454. The third kappa shape index (κ3) is 3.30. The van der Waals surface area contributed by atoms with Crippen molar-refractivity contribution in [3.63, 3.8) is 0 Å². The van der Waals surface area contributed by atoms with E-state index in [1.54, 1.807) is 24.3 Å². The number of rotatable bonds is 6. The number of carbonyl (C=O) groups is 2. The van der Waals surface area contributed by atoms with Gasteiger partial charge in [-0.15, -0.1) is 0 Å². The van der Waals surface area contributed by atoms with Crippen LogP contribution < -0.4 is 11.5 Å².